The lowest BCUT2D eigenvalue weighted by atomic mass is 9.76. The number of likely N-dealkylation sites (tertiary alicyclic amines) is 1. The number of nitrogens with zero attached hydrogens (tertiary/aromatic N) is 5. The summed E-state index contributed by atoms with van der Waals surface area (Å²) in [5.74, 6) is 6.53. The van der Waals surface area contributed by atoms with Crippen molar-refractivity contribution in [2.75, 3.05) is 13.1 Å². The largest absolute Gasteiger partial charge is 0.332 e. The van der Waals surface area contributed by atoms with Crippen LogP contribution < -0.4 is 11.2 Å². The van der Waals surface area contributed by atoms with Gasteiger partial charge in [0.05, 0.1) is 11.2 Å². The molecule has 0 bridgehead atoms. The summed E-state index contributed by atoms with van der Waals surface area (Å²) in [5.41, 5.74) is 1.71. The Bertz CT molecular complexity index is 1380. The summed E-state index contributed by atoms with van der Waals surface area (Å²) in [6.45, 7) is 2.05. The third-order valence-electron chi connectivity index (χ3n) is 7.46. The molecule has 5 rings (SSSR count). The molecule has 1 saturated heterocycles. The molecule has 1 aliphatic heterocycles. The van der Waals surface area contributed by atoms with E-state index in [0.29, 0.717) is 11.3 Å². The van der Waals surface area contributed by atoms with Crippen molar-refractivity contribution >= 4 is 11.2 Å². The molecule has 0 amide bonds. The van der Waals surface area contributed by atoms with E-state index >= 15 is 0 Å². The SMILES string of the molecule is Cn1c(=O)c2nc(C3(N4CCCCC4)CCCCC3)c(C#Cc3ccccc3)nc2n(C)c1=O. The molecule has 0 spiro atoms. The van der Waals surface area contributed by atoms with Gasteiger partial charge >= 0.3 is 5.69 Å². The van der Waals surface area contributed by atoms with Crippen LogP contribution >= 0.6 is 0 Å². The van der Waals surface area contributed by atoms with Crippen LogP contribution in [-0.2, 0) is 19.6 Å². The van der Waals surface area contributed by atoms with Crippen LogP contribution in [0.15, 0.2) is 39.9 Å². The summed E-state index contributed by atoms with van der Waals surface area (Å²) in [6.07, 6.45) is 9.00. The van der Waals surface area contributed by atoms with Gasteiger partial charge in [0.25, 0.3) is 5.56 Å². The highest BCUT2D eigenvalue weighted by atomic mass is 16.2. The van der Waals surface area contributed by atoms with Crippen molar-refractivity contribution in [1.82, 2.24) is 24.0 Å². The first kappa shape index (κ1) is 22.5. The quantitative estimate of drug-likeness (QED) is 0.553. The first-order chi connectivity index (χ1) is 16.5. The number of hydrogen-bond acceptors (Lipinski definition) is 5. The number of aromatic nitrogens is 4. The molecule has 1 saturated carbocycles. The average Bonchev–Trinajstić information content (AvgIpc) is 2.90. The van der Waals surface area contributed by atoms with Crippen LogP contribution in [0.25, 0.3) is 11.2 Å². The number of fused-ring (bicyclic) bond motifs is 1. The number of hydrogen-bond donors (Lipinski definition) is 0. The second kappa shape index (κ2) is 9.19. The molecule has 3 aromatic rings. The molecule has 3 heterocycles. The lowest BCUT2D eigenvalue weighted by molar-refractivity contribution is 0.0266. The molecule has 2 aliphatic rings. The lowest BCUT2D eigenvalue weighted by Gasteiger charge is -2.48. The molecule has 0 atom stereocenters. The van der Waals surface area contributed by atoms with E-state index in [4.69, 9.17) is 9.97 Å². The zero-order chi connectivity index (χ0) is 23.7. The number of piperidine rings is 1. The fourth-order valence-electron chi connectivity index (χ4n) is 5.59. The standard InChI is InChI=1S/C27H31N5O2/c1-30-24-22(25(33)31(2)26(30)34)29-23(21(28-24)15-14-20-12-6-3-7-13-20)27(16-8-4-9-17-27)32-18-10-5-11-19-32/h3,6-7,12-13H,4-5,8-11,16-19H2,1-2H3. The van der Waals surface area contributed by atoms with Crippen molar-refractivity contribution in [1.29, 1.82) is 0 Å². The second-order valence-corrected chi connectivity index (χ2v) is 9.55. The van der Waals surface area contributed by atoms with Gasteiger partial charge in [-0.2, -0.15) is 0 Å². The van der Waals surface area contributed by atoms with Crippen LogP contribution in [0, 0.1) is 11.8 Å². The van der Waals surface area contributed by atoms with E-state index in [9.17, 15) is 9.59 Å². The summed E-state index contributed by atoms with van der Waals surface area (Å²) in [7, 11) is 3.13. The Kier molecular flexibility index (Phi) is 6.09. The Morgan fingerprint density at radius 1 is 0.824 bits per heavy atom. The van der Waals surface area contributed by atoms with Gasteiger partial charge in [0.15, 0.2) is 11.2 Å². The van der Waals surface area contributed by atoms with Crippen molar-refractivity contribution in [3.63, 3.8) is 0 Å². The number of rotatable bonds is 2. The zero-order valence-electron chi connectivity index (χ0n) is 20.0. The average molecular weight is 458 g/mol. The van der Waals surface area contributed by atoms with E-state index in [1.807, 2.05) is 30.3 Å². The smallest absolute Gasteiger partial charge is 0.292 e. The summed E-state index contributed by atoms with van der Waals surface area (Å²) < 4.78 is 2.51. The fraction of sp³-hybridized carbons (Fsp3) is 0.481. The molecule has 7 heteroatoms. The van der Waals surface area contributed by atoms with Crippen LogP contribution in [0.2, 0.25) is 0 Å². The predicted molar refractivity (Wildman–Crippen MR) is 133 cm³/mol. The van der Waals surface area contributed by atoms with Crippen molar-refractivity contribution in [3.8, 4) is 11.8 Å². The van der Waals surface area contributed by atoms with E-state index in [2.05, 4.69) is 16.7 Å². The fourth-order valence-corrected chi connectivity index (χ4v) is 5.59. The molecular weight excluding hydrogens is 426 g/mol. The molecule has 1 aromatic carbocycles. The van der Waals surface area contributed by atoms with E-state index in [0.717, 1.165) is 54.6 Å². The Morgan fingerprint density at radius 2 is 1.50 bits per heavy atom. The third kappa shape index (κ3) is 3.86. The minimum atomic E-state index is -0.412. The van der Waals surface area contributed by atoms with Gasteiger partial charge < -0.3 is 0 Å². The summed E-state index contributed by atoms with van der Waals surface area (Å²) in [5, 5.41) is 0. The molecule has 1 aliphatic carbocycles. The molecule has 7 nitrogen and oxygen atoms in total. The third-order valence-corrected chi connectivity index (χ3v) is 7.46. The first-order valence-corrected chi connectivity index (χ1v) is 12.3. The van der Waals surface area contributed by atoms with Crippen molar-refractivity contribution in [3.05, 3.63) is 68.1 Å². The van der Waals surface area contributed by atoms with Gasteiger partial charge in [-0.05, 0) is 56.8 Å². The maximum absolute atomic E-state index is 13.1. The van der Waals surface area contributed by atoms with Crippen molar-refractivity contribution in [2.24, 2.45) is 14.1 Å². The zero-order valence-corrected chi connectivity index (χ0v) is 20.0. The van der Waals surface area contributed by atoms with Crippen LogP contribution in [0.1, 0.15) is 68.3 Å². The predicted octanol–water partition coefficient (Wildman–Crippen LogP) is 3.07. The van der Waals surface area contributed by atoms with Gasteiger partial charge in [-0.25, -0.2) is 14.8 Å². The Hall–Kier alpha value is -3.24. The van der Waals surface area contributed by atoms with Crippen LogP contribution in [0.4, 0.5) is 0 Å². The van der Waals surface area contributed by atoms with E-state index in [-0.39, 0.29) is 11.1 Å². The highest BCUT2D eigenvalue weighted by molar-refractivity contribution is 5.70. The molecular formula is C27H31N5O2. The molecule has 2 aromatic heterocycles. The highest BCUT2D eigenvalue weighted by Gasteiger charge is 2.43. The van der Waals surface area contributed by atoms with Crippen LogP contribution in [0.3, 0.4) is 0 Å². The Balaban J connectivity index is 1.80. The second-order valence-electron chi connectivity index (χ2n) is 9.55. The van der Waals surface area contributed by atoms with Crippen LogP contribution in [-0.4, -0.2) is 37.1 Å². The summed E-state index contributed by atoms with van der Waals surface area (Å²) in [4.78, 5) is 38.2. The lowest BCUT2D eigenvalue weighted by Crippen LogP contribution is -2.51. The molecule has 0 unspecified atom stereocenters. The van der Waals surface area contributed by atoms with E-state index in [1.54, 1.807) is 7.05 Å². The van der Waals surface area contributed by atoms with E-state index in [1.165, 1.54) is 37.3 Å². The summed E-state index contributed by atoms with van der Waals surface area (Å²) in [6, 6.07) is 9.81. The highest BCUT2D eigenvalue weighted by Crippen LogP contribution is 2.44. The number of aryl methyl sites for hydroxylation is 1. The summed E-state index contributed by atoms with van der Waals surface area (Å²) >= 11 is 0. The Morgan fingerprint density at radius 3 is 2.21 bits per heavy atom. The molecule has 176 valence electrons. The minimum Gasteiger partial charge on any atom is -0.292 e. The van der Waals surface area contributed by atoms with Crippen LogP contribution in [0.5, 0.6) is 0 Å². The molecule has 34 heavy (non-hydrogen) atoms. The van der Waals surface area contributed by atoms with Crippen molar-refractivity contribution < 1.29 is 0 Å². The number of benzene rings is 1. The maximum atomic E-state index is 13.1. The minimum absolute atomic E-state index is 0.242. The normalized spacial score (nSPS) is 18.4. The van der Waals surface area contributed by atoms with Gasteiger partial charge in [-0.1, -0.05) is 49.8 Å². The Labute approximate surface area is 199 Å². The molecule has 0 radical (unpaired) electrons. The maximum Gasteiger partial charge on any atom is 0.332 e. The van der Waals surface area contributed by atoms with Gasteiger partial charge in [0.1, 0.15) is 5.69 Å². The van der Waals surface area contributed by atoms with Gasteiger partial charge in [-0.15, -0.1) is 0 Å². The molecule has 2 fully saturated rings. The van der Waals surface area contributed by atoms with Gasteiger partial charge in [-0.3, -0.25) is 18.8 Å². The topological polar surface area (TPSA) is 73.0 Å². The van der Waals surface area contributed by atoms with Gasteiger partial charge in [0, 0.05) is 19.7 Å². The van der Waals surface area contributed by atoms with E-state index < -0.39 is 11.2 Å². The van der Waals surface area contributed by atoms with Crippen molar-refractivity contribution in [2.45, 2.75) is 56.9 Å². The van der Waals surface area contributed by atoms with Gasteiger partial charge in [0.2, 0.25) is 0 Å². The first-order valence-electron chi connectivity index (χ1n) is 12.3. The monoisotopic (exact) mass is 457 g/mol. The molecule has 0 N–H and O–H groups in total.